The van der Waals surface area contributed by atoms with Crippen LogP contribution in [0.1, 0.15) is 12.0 Å². The average Bonchev–Trinajstić information content (AvgIpc) is 3.33. The summed E-state index contributed by atoms with van der Waals surface area (Å²) < 4.78 is 1.92. The van der Waals surface area contributed by atoms with Crippen LogP contribution in [-0.4, -0.2) is 33.9 Å². The Morgan fingerprint density at radius 3 is 2.79 bits per heavy atom. The van der Waals surface area contributed by atoms with Gasteiger partial charge in [-0.05, 0) is 36.2 Å². The number of aromatic nitrogens is 3. The molecule has 5 heteroatoms. The number of nitrogens with zero attached hydrogens (tertiary/aromatic N) is 4. The first-order valence-corrected chi connectivity index (χ1v) is 8.37. The number of hydrogen-bond acceptors (Lipinski definition) is 4. The fourth-order valence-corrected chi connectivity index (χ4v) is 3.23. The number of rotatable bonds is 5. The van der Waals surface area contributed by atoms with E-state index in [0.29, 0.717) is 6.04 Å². The van der Waals surface area contributed by atoms with E-state index in [4.69, 9.17) is 0 Å². The van der Waals surface area contributed by atoms with Crippen LogP contribution < -0.4 is 10.2 Å². The Morgan fingerprint density at radius 2 is 1.96 bits per heavy atom. The lowest BCUT2D eigenvalue weighted by atomic mass is 10.1. The lowest BCUT2D eigenvalue weighted by Gasteiger charge is -2.18. The normalized spacial score (nSPS) is 17.3. The van der Waals surface area contributed by atoms with Crippen LogP contribution >= 0.6 is 0 Å². The van der Waals surface area contributed by atoms with Gasteiger partial charge in [0.2, 0.25) is 0 Å². The first-order valence-electron chi connectivity index (χ1n) is 8.37. The third-order valence-corrected chi connectivity index (χ3v) is 4.49. The molecule has 0 spiro atoms. The Balaban J connectivity index is 1.40. The summed E-state index contributed by atoms with van der Waals surface area (Å²) in [4.78, 5) is 6.79. The quantitative estimate of drug-likeness (QED) is 0.785. The number of para-hydroxylation sites is 1. The molecule has 1 N–H and O–H groups in total. The second-order valence-corrected chi connectivity index (χ2v) is 6.08. The van der Waals surface area contributed by atoms with Gasteiger partial charge in [0.05, 0.1) is 5.69 Å². The summed E-state index contributed by atoms with van der Waals surface area (Å²) in [6, 6.07) is 16.9. The standard InChI is InChI=1S/C19H21N5/c1-2-7-18(24-12-5-11-22-24)16(6-1)14-21-17-9-13-23(15-17)19-8-3-4-10-20-19/h1-8,10-12,17,21H,9,13-15H2/t17-/m1/s1. The van der Waals surface area contributed by atoms with Gasteiger partial charge in [0.1, 0.15) is 5.82 Å². The zero-order chi connectivity index (χ0) is 16.2. The maximum Gasteiger partial charge on any atom is 0.128 e. The van der Waals surface area contributed by atoms with Crippen molar-refractivity contribution < 1.29 is 0 Å². The van der Waals surface area contributed by atoms with Crippen LogP contribution in [0.25, 0.3) is 5.69 Å². The van der Waals surface area contributed by atoms with E-state index in [1.807, 2.05) is 41.5 Å². The van der Waals surface area contributed by atoms with Crippen molar-refractivity contribution in [1.82, 2.24) is 20.1 Å². The van der Waals surface area contributed by atoms with Gasteiger partial charge in [0, 0.05) is 44.3 Å². The van der Waals surface area contributed by atoms with Gasteiger partial charge >= 0.3 is 0 Å². The maximum atomic E-state index is 4.45. The SMILES string of the molecule is c1ccc(N2CC[C@@H](NCc3ccccc3-n3cccn3)C2)nc1. The molecule has 122 valence electrons. The molecule has 24 heavy (non-hydrogen) atoms. The smallest absolute Gasteiger partial charge is 0.128 e. The van der Waals surface area contributed by atoms with Gasteiger partial charge in [0.15, 0.2) is 0 Å². The summed E-state index contributed by atoms with van der Waals surface area (Å²) in [6.07, 6.45) is 6.79. The average molecular weight is 319 g/mol. The van der Waals surface area contributed by atoms with Gasteiger partial charge in [-0.1, -0.05) is 24.3 Å². The second-order valence-electron chi connectivity index (χ2n) is 6.08. The number of hydrogen-bond donors (Lipinski definition) is 1. The van der Waals surface area contributed by atoms with Crippen molar-refractivity contribution in [2.75, 3.05) is 18.0 Å². The Bertz CT molecular complexity index is 769. The molecule has 0 unspecified atom stereocenters. The summed E-state index contributed by atoms with van der Waals surface area (Å²) >= 11 is 0. The molecule has 4 rings (SSSR count). The molecular weight excluding hydrogens is 298 g/mol. The van der Waals surface area contributed by atoms with Crippen molar-refractivity contribution in [2.45, 2.75) is 19.0 Å². The van der Waals surface area contributed by atoms with Crippen LogP contribution in [0.15, 0.2) is 67.1 Å². The topological polar surface area (TPSA) is 46.0 Å². The van der Waals surface area contributed by atoms with E-state index in [1.165, 1.54) is 5.56 Å². The molecule has 1 saturated heterocycles. The minimum Gasteiger partial charge on any atom is -0.355 e. The molecular formula is C19H21N5. The number of nitrogens with one attached hydrogen (secondary N) is 1. The molecule has 3 aromatic rings. The summed E-state index contributed by atoms with van der Waals surface area (Å²) in [5.74, 6) is 1.07. The van der Waals surface area contributed by atoms with E-state index in [1.54, 1.807) is 0 Å². The third-order valence-electron chi connectivity index (χ3n) is 4.49. The van der Waals surface area contributed by atoms with Gasteiger partial charge in [-0.2, -0.15) is 5.10 Å². The van der Waals surface area contributed by atoms with Gasteiger partial charge in [-0.3, -0.25) is 0 Å². The van der Waals surface area contributed by atoms with Crippen molar-refractivity contribution in [1.29, 1.82) is 0 Å². The minimum absolute atomic E-state index is 0.484. The van der Waals surface area contributed by atoms with Crippen LogP contribution in [0.5, 0.6) is 0 Å². The highest BCUT2D eigenvalue weighted by molar-refractivity contribution is 5.41. The van der Waals surface area contributed by atoms with Crippen molar-refractivity contribution in [3.05, 3.63) is 72.7 Å². The molecule has 5 nitrogen and oxygen atoms in total. The fraction of sp³-hybridized carbons (Fsp3) is 0.263. The van der Waals surface area contributed by atoms with Gasteiger partial charge in [-0.25, -0.2) is 9.67 Å². The molecule has 3 heterocycles. The summed E-state index contributed by atoms with van der Waals surface area (Å²) in [6.45, 7) is 2.90. The summed E-state index contributed by atoms with van der Waals surface area (Å²) in [7, 11) is 0. The first-order chi connectivity index (χ1) is 11.9. The lowest BCUT2D eigenvalue weighted by Crippen LogP contribution is -2.32. The molecule has 1 aliphatic rings. The molecule has 2 aromatic heterocycles. The fourth-order valence-electron chi connectivity index (χ4n) is 3.23. The monoisotopic (exact) mass is 319 g/mol. The highest BCUT2D eigenvalue weighted by Gasteiger charge is 2.23. The van der Waals surface area contributed by atoms with E-state index < -0.39 is 0 Å². The number of benzene rings is 1. The van der Waals surface area contributed by atoms with Gasteiger partial charge in [0.25, 0.3) is 0 Å². The van der Waals surface area contributed by atoms with E-state index in [9.17, 15) is 0 Å². The van der Waals surface area contributed by atoms with E-state index in [2.05, 4.69) is 50.6 Å². The first kappa shape index (κ1) is 14.9. The molecule has 0 bridgehead atoms. The van der Waals surface area contributed by atoms with E-state index in [-0.39, 0.29) is 0 Å². The zero-order valence-corrected chi connectivity index (χ0v) is 13.5. The van der Waals surface area contributed by atoms with E-state index >= 15 is 0 Å². The Hall–Kier alpha value is -2.66. The number of pyridine rings is 1. The summed E-state index contributed by atoms with van der Waals surface area (Å²) in [5.41, 5.74) is 2.40. The largest absolute Gasteiger partial charge is 0.355 e. The summed E-state index contributed by atoms with van der Waals surface area (Å²) in [5, 5.41) is 8.04. The van der Waals surface area contributed by atoms with Crippen molar-refractivity contribution in [3.8, 4) is 5.69 Å². The predicted molar refractivity (Wildman–Crippen MR) is 95.3 cm³/mol. The Morgan fingerprint density at radius 1 is 1.04 bits per heavy atom. The van der Waals surface area contributed by atoms with Gasteiger partial charge in [-0.15, -0.1) is 0 Å². The van der Waals surface area contributed by atoms with Crippen LogP contribution in [0.2, 0.25) is 0 Å². The van der Waals surface area contributed by atoms with Crippen LogP contribution in [-0.2, 0) is 6.54 Å². The van der Waals surface area contributed by atoms with Crippen molar-refractivity contribution >= 4 is 5.82 Å². The molecule has 0 amide bonds. The van der Waals surface area contributed by atoms with Crippen LogP contribution in [0, 0.1) is 0 Å². The molecule has 0 saturated carbocycles. The molecule has 1 fully saturated rings. The van der Waals surface area contributed by atoms with E-state index in [0.717, 1.165) is 37.6 Å². The molecule has 1 atom stereocenters. The van der Waals surface area contributed by atoms with Crippen LogP contribution in [0.4, 0.5) is 5.82 Å². The zero-order valence-electron chi connectivity index (χ0n) is 13.5. The third kappa shape index (κ3) is 3.16. The van der Waals surface area contributed by atoms with Gasteiger partial charge < -0.3 is 10.2 Å². The van der Waals surface area contributed by atoms with Crippen LogP contribution in [0.3, 0.4) is 0 Å². The van der Waals surface area contributed by atoms with Crippen molar-refractivity contribution in [2.24, 2.45) is 0 Å². The predicted octanol–water partition coefficient (Wildman–Crippen LogP) is 2.64. The number of anilines is 1. The lowest BCUT2D eigenvalue weighted by molar-refractivity contribution is 0.549. The molecule has 0 radical (unpaired) electrons. The maximum absolute atomic E-state index is 4.45. The second kappa shape index (κ2) is 6.84. The highest BCUT2D eigenvalue weighted by atomic mass is 15.3. The minimum atomic E-state index is 0.484. The Labute approximate surface area is 142 Å². The molecule has 1 aliphatic heterocycles. The molecule has 1 aromatic carbocycles. The molecule has 0 aliphatic carbocycles. The highest BCUT2D eigenvalue weighted by Crippen LogP contribution is 2.19. The van der Waals surface area contributed by atoms with Crippen molar-refractivity contribution in [3.63, 3.8) is 0 Å². The Kier molecular flexibility index (Phi) is 4.25.